The lowest BCUT2D eigenvalue weighted by Crippen LogP contribution is -2.00. The highest BCUT2D eigenvalue weighted by molar-refractivity contribution is 5.56. The van der Waals surface area contributed by atoms with E-state index in [4.69, 9.17) is 9.47 Å². The number of allylic oxidation sites excluding steroid dienone is 2. The Morgan fingerprint density at radius 2 is 2.11 bits per heavy atom. The maximum absolute atomic E-state index is 9.84. The van der Waals surface area contributed by atoms with E-state index in [1.165, 1.54) is 5.57 Å². The molecule has 19 heavy (non-hydrogen) atoms. The van der Waals surface area contributed by atoms with Crippen molar-refractivity contribution in [1.82, 2.24) is 0 Å². The van der Waals surface area contributed by atoms with Gasteiger partial charge in [0.25, 0.3) is 0 Å². The number of aliphatic hydroxyl groups is 1. The topological polar surface area (TPSA) is 38.7 Å². The third-order valence-electron chi connectivity index (χ3n) is 2.92. The fourth-order valence-electron chi connectivity index (χ4n) is 1.88. The Morgan fingerprint density at radius 1 is 1.32 bits per heavy atom. The predicted molar refractivity (Wildman–Crippen MR) is 76.3 cm³/mol. The molecule has 1 aliphatic rings. The van der Waals surface area contributed by atoms with Crippen molar-refractivity contribution >= 4 is 6.08 Å². The van der Waals surface area contributed by atoms with E-state index in [9.17, 15) is 5.11 Å². The molecule has 0 bridgehead atoms. The van der Waals surface area contributed by atoms with Crippen LogP contribution in [0.5, 0.6) is 11.5 Å². The highest BCUT2D eigenvalue weighted by Crippen LogP contribution is 2.32. The first-order valence-electron chi connectivity index (χ1n) is 6.54. The van der Waals surface area contributed by atoms with Crippen LogP contribution in [0.25, 0.3) is 6.08 Å². The lowest BCUT2D eigenvalue weighted by Gasteiger charge is -2.03. The molecule has 1 heterocycles. The van der Waals surface area contributed by atoms with E-state index in [1.807, 2.05) is 30.4 Å². The standard InChI is InChI=1S/C16H20O3/c1-12(2)4-3-5-14(17)8-6-13-7-9-15-16(10-13)19-11-18-15/h4,6-10,14,17H,3,5,11H2,1-2H3/b8-6+. The van der Waals surface area contributed by atoms with E-state index in [0.29, 0.717) is 0 Å². The van der Waals surface area contributed by atoms with Gasteiger partial charge in [0.1, 0.15) is 0 Å². The molecule has 0 radical (unpaired) electrons. The minimum absolute atomic E-state index is 0.286. The largest absolute Gasteiger partial charge is 0.454 e. The van der Waals surface area contributed by atoms with E-state index in [0.717, 1.165) is 29.9 Å². The summed E-state index contributed by atoms with van der Waals surface area (Å²) in [5, 5.41) is 9.84. The highest BCUT2D eigenvalue weighted by Gasteiger charge is 2.12. The molecule has 0 saturated heterocycles. The van der Waals surface area contributed by atoms with Crippen molar-refractivity contribution in [3.05, 3.63) is 41.5 Å². The summed E-state index contributed by atoms with van der Waals surface area (Å²) in [7, 11) is 0. The van der Waals surface area contributed by atoms with Gasteiger partial charge in [0.05, 0.1) is 6.10 Å². The Balaban J connectivity index is 1.89. The molecular weight excluding hydrogens is 240 g/mol. The Morgan fingerprint density at radius 3 is 2.89 bits per heavy atom. The maximum Gasteiger partial charge on any atom is 0.231 e. The third kappa shape index (κ3) is 4.14. The van der Waals surface area contributed by atoms with E-state index < -0.39 is 6.10 Å². The Labute approximate surface area is 114 Å². The molecule has 1 aromatic carbocycles. The second-order valence-corrected chi connectivity index (χ2v) is 4.90. The van der Waals surface area contributed by atoms with Gasteiger partial charge in [-0.2, -0.15) is 0 Å². The number of aliphatic hydroxyl groups excluding tert-OH is 1. The van der Waals surface area contributed by atoms with Gasteiger partial charge in [0.15, 0.2) is 11.5 Å². The highest BCUT2D eigenvalue weighted by atomic mass is 16.7. The summed E-state index contributed by atoms with van der Waals surface area (Å²) in [6.07, 6.45) is 7.09. The molecule has 1 unspecified atom stereocenters. The molecule has 1 atom stereocenters. The lowest BCUT2D eigenvalue weighted by molar-refractivity contribution is 0.174. The predicted octanol–water partition coefficient (Wildman–Crippen LogP) is 3.54. The number of fused-ring (bicyclic) bond motifs is 1. The van der Waals surface area contributed by atoms with Gasteiger partial charge in [-0.25, -0.2) is 0 Å². The average molecular weight is 260 g/mol. The molecule has 0 saturated carbocycles. The number of hydrogen-bond donors (Lipinski definition) is 1. The van der Waals surface area contributed by atoms with E-state index in [1.54, 1.807) is 0 Å². The van der Waals surface area contributed by atoms with Gasteiger partial charge >= 0.3 is 0 Å². The van der Waals surface area contributed by atoms with Crippen LogP contribution in [0.2, 0.25) is 0 Å². The second-order valence-electron chi connectivity index (χ2n) is 4.90. The molecule has 0 aromatic heterocycles. The van der Waals surface area contributed by atoms with Crippen molar-refractivity contribution in [3.8, 4) is 11.5 Å². The summed E-state index contributed by atoms with van der Waals surface area (Å²) in [4.78, 5) is 0. The molecule has 0 spiro atoms. The second kappa shape index (κ2) is 6.43. The first-order chi connectivity index (χ1) is 9.15. The minimum Gasteiger partial charge on any atom is -0.454 e. The van der Waals surface area contributed by atoms with Crippen LogP contribution in [-0.2, 0) is 0 Å². The molecule has 3 nitrogen and oxygen atoms in total. The minimum atomic E-state index is -0.416. The summed E-state index contributed by atoms with van der Waals surface area (Å²) < 4.78 is 10.6. The maximum atomic E-state index is 9.84. The Hall–Kier alpha value is -1.74. The van der Waals surface area contributed by atoms with Gasteiger partial charge in [-0.1, -0.05) is 29.9 Å². The first kappa shape index (κ1) is 13.7. The first-order valence-corrected chi connectivity index (χ1v) is 6.54. The molecule has 0 amide bonds. The number of hydrogen-bond acceptors (Lipinski definition) is 3. The van der Waals surface area contributed by atoms with Gasteiger partial charge in [-0.15, -0.1) is 0 Å². The quantitative estimate of drug-likeness (QED) is 0.823. The summed E-state index contributed by atoms with van der Waals surface area (Å²) in [6, 6.07) is 5.76. The fraction of sp³-hybridized carbons (Fsp3) is 0.375. The number of ether oxygens (including phenoxy) is 2. The molecule has 1 N–H and O–H groups in total. The molecule has 2 rings (SSSR count). The van der Waals surface area contributed by atoms with Crippen LogP contribution in [0, 0.1) is 0 Å². The average Bonchev–Trinajstić information content (AvgIpc) is 2.83. The smallest absolute Gasteiger partial charge is 0.231 e. The molecule has 0 aliphatic carbocycles. The molecular formula is C16H20O3. The van der Waals surface area contributed by atoms with Gasteiger partial charge < -0.3 is 14.6 Å². The van der Waals surface area contributed by atoms with Gasteiger partial charge in [0, 0.05) is 0 Å². The summed E-state index contributed by atoms with van der Waals surface area (Å²) >= 11 is 0. The zero-order valence-corrected chi connectivity index (χ0v) is 11.4. The summed E-state index contributed by atoms with van der Waals surface area (Å²) in [6.45, 7) is 4.41. The Kier molecular flexibility index (Phi) is 4.63. The van der Waals surface area contributed by atoms with Crippen LogP contribution in [0.15, 0.2) is 35.9 Å². The SMILES string of the molecule is CC(C)=CCCC(O)/C=C/c1ccc2c(c1)OCO2. The van der Waals surface area contributed by atoms with Gasteiger partial charge in [-0.3, -0.25) is 0 Å². The number of rotatable bonds is 5. The van der Waals surface area contributed by atoms with Gasteiger partial charge in [-0.05, 0) is 44.4 Å². The number of benzene rings is 1. The van der Waals surface area contributed by atoms with Crippen molar-refractivity contribution in [3.63, 3.8) is 0 Å². The molecule has 102 valence electrons. The van der Waals surface area contributed by atoms with Crippen LogP contribution < -0.4 is 9.47 Å². The van der Waals surface area contributed by atoms with Crippen molar-refractivity contribution in [1.29, 1.82) is 0 Å². The van der Waals surface area contributed by atoms with Crippen LogP contribution in [0.1, 0.15) is 32.3 Å². The molecule has 0 fully saturated rings. The van der Waals surface area contributed by atoms with Crippen LogP contribution >= 0.6 is 0 Å². The monoisotopic (exact) mass is 260 g/mol. The van der Waals surface area contributed by atoms with Crippen molar-refractivity contribution < 1.29 is 14.6 Å². The summed E-state index contributed by atoms with van der Waals surface area (Å²) in [5.74, 6) is 1.54. The fourth-order valence-corrected chi connectivity index (χ4v) is 1.88. The van der Waals surface area contributed by atoms with Crippen molar-refractivity contribution in [2.24, 2.45) is 0 Å². The van der Waals surface area contributed by atoms with Crippen LogP contribution in [0.4, 0.5) is 0 Å². The zero-order chi connectivity index (χ0) is 13.7. The van der Waals surface area contributed by atoms with Crippen LogP contribution in [-0.4, -0.2) is 18.0 Å². The lowest BCUT2D eigenvalue weighted by atomic mass is 10.1. The third-order valence-corrected chi connectivity index (χ3v) is 2.92. The molecule has 1 aromatic rings. The molecule has 3 heteroatoms. The van der Waals surface area contributed by atoms with Gasteiger partial charge in [0.2, 0.25) is 6.79 Å². The van der Waals surface area contributed by atoms with E-state index >= 15 is 0 Å². The molecule has 1 aliphatic heterocycles. The Bertz CT molecular complexity index is 485. The van der Waals surface area contributed by atoms with Crippen molar-refractivity contribution in [2.45, 2.75) is 32.8 Å². The van der Waals surface area contributed by atoms with E-state index in [2.05, 4.69) is 19.9 Å². The van der Waals surface area contributed by atoms with E-state index in [-0.39, 0.29) is 6.79 Å². The normalized spacial score (nSPS) is 14.7. The zero-order valence-electron chi connectivity index (χ0n) is 11.4. The van der Waals surface area contributed by atoms with Crippen molar-refractivity contribution in [2.75, 3.05) is 6.79 Å². The summed E-state index contributed by atoms with van der Waals surface area (Å²) in [5.41, 5.74) is 2.29. The van der Waals surface area contributed by atoms with Crippen LogP contribution in [0.3, 0.4) is 0 Å².